The fourth-order valence-electron chi connectivity index (χ4n) is 4.01. The summed E-state index contributed by atoms with van der Waals surface area (Å²) in [4.78, 5) is 26.8. The molecule has 2 heterocycles. The van der Waals surface area contributed by atoms with E-state index in [0.717, 1.165) is 29.3 Å². The Kier molecular flexibility index (Phi) is 4.44. The van der Waals surface area contributed by atoms with Gasteiger partial charge in [0.25, 0.3) is 5.91 Å². The summed E-state index contributed by atoms with van der Waals surface area (Å²) in [6, 6.07) is 6.59. The van der Waals surface area contributed by atoms with Crippen molar-refractivity contribution in [3.8, 4) is 5.75 Å². The van der Waals surface area contributed by atoms with Crippen LogP contribution in [0.1, 0.15) is 51.1 Å². The summed E-state index contributed by atoms with van der Waals surface area (Å²) in [7, 11) is 0. The maximum atomic E-state index is 13.9. The molecule has 28 heavy (non-hydrogen) atoms. The Morgan fingerprint density at radius 1 is 1.11 bits per heavy atom. The summed E-state index contributed by atoms with van der Waals surface area (Å²) in [6.45, 7) is 4.55. The molecule has 0 bridgehead atoms. The van der Waals surface area contributed by atoms with E-state index >= 15 is 0 Å². The molecule has 0 aromatic heterocycles. The fourth-order valence-corrected chi connectivity index (χ4v) is 4.01. The first-order valence-electron chi connectivity index (χ1n) is 9.36. The molecule has 146 valence electrons. The predicted molar refractivity (Wildman–Crippen MR) is 99.7 cm³/mol. The molecule has 2 aromatic rings. The molecule has 2 aromatic carbocycles. The number of halogens is 2. The number of amides is 1. The lowest BCUT2D eigenvalue weighted by Crippen LogP contribution is -2.52. The number of carbonyl (C=O) groups excluding carboxylic acids is 2. The van der Waals surface area contributed by atoms with Crippen LogP contribution in [0.2, 0.25) is 0 Å². The van der Waals surface area contributed by atoms with Crippen LogP contribution in [0, 0.1) is 25.5 Å². The van der Waals surface area contributed by atoms with E-state index in [1.807, 2.05) is 19.9 Å². The van der Waals surface area contributed by atoms with E-state index < -0.39 is 23.1 Å². The van der Waals surface area contributed by atoms with Crippen molar-refractivity contribution in [3.05, 3.63) is 64.2 Å². The Hall–Kier alpha value is -2.76. The zero-order valence-corrected chi connectivity index (χ0v) is 15.9. The highest BCUT2D eigenvalue weighted by atomic mass is 19.1. The van der Waals surface area contributed by atoms with Gasteiger partial charge in [0, 0.05) is 25.9 Å². The van der Waals surface area contributed by atoms with Crippen LogP contribution in [-0.4, -0.2) is 35.3 Å². The number of carbonyl (C=O) groups is 2. The van der Waals surface area contributed by atoms with Gasteiger partial charge >= 0.3 is 0 Å². The summed E-state index contributed by atoms with van der Waals surface area (Å²) in [5.74, 6) is -1.26. The first-order chi connectivity index (χ1) is 13.3. The molecular weight excluding hydrogens is 364 g/mol. The summed E-state index contributed by atoms with van der Waals surface area (Å²) in [5, 5.41) is 0. The highest BCUT2D eigenvalue weighted by molar-refractivity contribution is 6.01. The Morgan fingerprint density at radius 2 is 1.82 bits per heavy atom. The van der Waals surface area contributed by atoms with E-state index in [1.54, 1.807) is 6.07 Å². The average molecular weight is 385 g/mol. The number of benzene rings is 2. The van der Waals surface area contributed by atoms with Crippen LogP contribution in [0.25, 0.3) is 0 Å². The van der Waals surface area contributed by atoms with Crippen LogP contribution in [0.3, 0.4) is 0 Å². The van der Waals surface area contributed by atoms with Crippen molar-refractivity contribution < 1.29 is 23.1 Å². The Balaban J connectivity index is 1.54. The third kappa shape index (κ3) is 3.07. The normalized spacial score (nSPS) is 18.0. The van der Waals surface area contributed by atoms with Gasteiger partial charge < -0.3 is 9.64 Å². The predicted octanol–water partition coefficient (Wildman–Crippen LogP) is 4.22. The SMILES string of the molecule is Cc1ccc2c(c1C)OC1(CCN(C(=O)c3cc(F)ccc3F)CC1)CC2=O. The molecule has 0 atom stereocenters. The summed E-state index contributed by atoms with van der Waals surface area (Å²) in [6.07, 6.45) is 1.20. The first-order valence-corrected chi connectivity index (χ1v) is 9.36. The molecule has 0 unspecified atom stereocenters. The smallest absolute Gasteiger partial charge is 0.256 e. The van der Waals surface area contributed by atoms with Crippen LogP contribution < -0.4 is 4.74 Å². The average Bonchev–Trinajstić information content (AvgIpc) is 2.67. The van der Waals surface area contributed by atoms with E-state index in [-0.39, 0.29) is 17.8 Å². The molecule has 4 nitrogen and oxygen atoms in total. The van der Waals surface area contributed by atoms with Gasteiger partial charge in [0.1, 0.15) is 23.0 Å². The number of piperidine rings is 1. The zero-order valence-electron chi connectivity index (χ0n) is 15.9. The van der Waals surface area contributed by atoms with E-state index in [9.17, 15) is 18.4 Å². The maximum absolute atomic E-state index is 13.9. The Labute approximate surface area is 162 Å². The van der Waals surface area contributed by atoms with Crippen molar-refractivity contribution in [1.29, 1.82) is 0 Å². The van der Waals surface area contributed by atoms with Gasteiger partial charge in [0.05, 0.1) is 17.5 Å². The minimum absolute atomic E-state index is 0.0419. The van der Waals surface area contributed by atoms with Gasteiger partial charge in [0.2, 0.25) is 0 Å². The second kappa shape index (κ2) is 6.69. The van der Waals surface area contributed by atoms with E-state index in [0.29, 0.717) is 37.2 Å². The van der Waals surface area contributed by atoms with E-state index in [4.69, 9.17) is 4.74 Å². The monoisotopic (exact) mass is 385 g/mol. The number of hydrogen-bond donors (Lipinski definition) is 0. The highest BCUT2D eigenvalue weighted by Gasteiger charge is 2.44. The van der Waals surface area contributed by atoms with Crippen LogP contribution in [0.15, 0.2) is 30.3 Å². The number of nitrogens with zero attached hydrogens (tertiary/aromatic N) is 1. The number of fused-ring (bicyclic) bond motifs is 1. The van der Waals surface area contributed by atoms with Crippen LogP contribution in [-0.2, 0) is 0 Å². The van der Waals surface area contributed by atoms with Gasteiger partial charge in [-0.25, -0.2) is 8.78 Å². The number of rotatable bonds is 1. The number of ketones is 1. The van der Waals surface area contributed by atoms with Gasteiger partial charge in [-0.2, -0.15) is 0 Å². The minimum atomic E-state index is -0.740. The molecule has 1 amide bonds. The third-order valence-corrected chi connectivity index (χ3v) is 5.90. The topological polar surface area (TPSA) is 46.6 Å². The van der Waals surface area contributed by atoms with Crippen molar-refractivity contribution in [3.63, 3.8) is 0 Å². The largest absolute Gasteiger partial charge is 0.486 e. The minimum Gasteiger partial charge on any atom is -0.486 e. The second-order valence-electron chi connectivity index (χ2n) is 7.69. The molecular formula is C22H21F2NO3. The summed E-state index contributed by atoms with van der Waals surface area (Å²) in [5.41, 5.74) is 1.69. The van der Waals surface area contributed by atoms with E-state index in [1.165, 1.54) is 4.90 Å². The molecule has 2 aliphatic rings. The van der Waals surface area contributed by atoms with Crippen LogP contribution in [0.5, 0.6) is 5.75 Å². The quantitative estimate of drug-likeness (QED) is 0.738. The molecule has 0 N–H and O–H groups in total. The van der Waals surface area contributed by atoms with E-state index in [2.05, 4.69) is 0 Å². The Morgan fingerprint density at radius 3 is 2.54 bits per heavy atom. The lowest BCUT2D eigenvalue weighted by molar-refractivity contribution is -0.00630. The van der Waals surface area contributed by atoms with Crippen molar-refractivity contribution in [2.45, 2.75) is 38.7 Å². The lowest BCUT2D eigenvalue weighted by atomic mass is 9.81. The van der Waals surface area contributed by atoms with Gasteiger partial charge in [-0.1, -0.05) is 6.07 Å². The third-order valence-electron chi connectivity index (χ3n) is 5.90. The maximum Gasteiger partial charge on any atom is 0.256 e. The number of Topliss-reactive ketones (excluding diaryl/α,β-unsaturated/α-hetero) is 1. The first kappa shape index (κ1) is 18.6. The molecule has 0 saturated carbocycles. The number of hydrogen-bond acceptors (Lipinski definition) is 3. The summed E-state index contributed by atoms with van der Waals surface area (Å²) < 4.78 is 33.7. The lowest BCUT2D eigenvalue weighted by Gasteiger charge is -2.44. The van der Waals surface area contributed by atoms with Crippen LogP contribution in [0.4, 0.5) is 8.78 Å². The fraction of sp³-hybridized carbons (Fsp3) is 0.364. The van der Waals surface area contributed by atoms with Crippen molar-refractivity contribution in [2.24, 2.45) is 0 Å². The van der Waals surface area contributed by atoms with Crippen molar-refractivity contribution in [1.82, 2.24) is 4.90 Å². The summed E-state index contributed by atoms with van der Waals surface area (Å²) >= 11 is 0. The van der Waals surface area contributed by atoms with Gasteiger partial charge in [-0.3, -0.25) is 9.59 Å². The molecule has 0 aliphatic carbocycles. The molecule has 0 radical (unpaired) electrons. The molecule has 4 rings (SSSR count). The van der Waals surface area contributed by atoms with Gasteiger partial charge in [-0.15, -0.1) is 0 Å². The highest BCUT2D eigenvalue weighted by Crippen LogP contribution is 2.41. The molecule has 1 saturated heterocycles. The van der Waals surface area contributed by atoms with Gasteiger partial charge in [-0.05, 0) is 49.2 Å². The van der Waals surface area contributed by atoms with Crippen LogP contribution >= 0.6 is 0 Å². The standard InChI is InChI=1S/C22H21F2NO3/c1-13-3-5-16-19(26)12-22(28-20(16)14(13)2)7-9-25(10-8-22)21(27)17-11-15(23)4-6-18(17)24/h3-6,11H,7-10,12H2,1-2H3. The second-order valence-corrected chi connectivity index (χ2v) is 7.69. The Bertz CT molecular complexity index is 978. The molecule has 2 aliphatic heterocycles. The number of ether oxygens (including phenoxy) is 1. The molecule has 6 heteroatoms. The zero-order chi connectivity index (χ0) is 20.1. The van der Waals surface area contributed by atoms with Crippen molar-refractivity contribution in [2.75, 3.05) is 13.1 Å². The number of likely N-dealkylation sites (tertiary alicyclic amines) is 1. The number of aryl methyl sites for hydroxylation is 1. The van der Waals surface area contributed by atoms with Crippen molar-refractivity contribution >= 4 is 11.7 Å². The molecule has 1 spiro atoms. The molecule has 1 fully saturated rings. The van der Waals surface area contributed by atoms with Gasteiger partial charge in [0.15, 0.2) is 5.78 Å².